The van der Waals surface area contributed by atoms with E-state index in [4.69, 9.17) is 4.42 Å². The lowest BCUT2D eigenvalue weighted by atomic mass is 9.32. The van der Waals surface area contributed by atoms with Gasteiger partial charge < -0.3 is 14.2 Å². The van der Waals surface area contributed by atoms with Gasteiger partial charge in [0.15, 0.2) is 0 Å². The van der Waals surface area contributed by atoms with Crippen molar-refractivity contribution in [3.05, 3.63) is 136 Å². The van der Waals surface area contributed by atoms with E-state index in [0.29, 0.717) is 5.56 Å². The Morgan fingerprint density at radius 3 is 1.54 bits per heavy atom. The second-order valence-corrected chi connectivity index (χ2v) is 24.9. The molecule has 0 fully saturated rings. The minimum Gasteiger partial charge on any atom is -0.456 e. The third kappa shape index (κ3) is 5.67. The number of rotatable bonds is 2. The molecule has 1 aromatic heterocycles. The number of fused-ring (bicyclic) bond motifs is 10. The van der Waals surface area contributed by atoms with E-state index in [1.807, 2.05) is 24.3 Å². The number of para-hydroxylation sites is 1. The van der Waals surface area contributed by atoms with Gasteiger partial charge in [-0.3, -0.25) is 0 Å². The van der Waals surface area contributed by atoms with Gasteiger partial charge in [-0.15, -0.1) is 0 Å². The normalized spacial score (nSPS) is 21.7. The fourth-order valence-electron chi connectivity index (χ4n) is 13.9. The highest BCUT2D eigenvalue weighted by Crippen LogP contribution is 2.56. The number of anilines is 6. The Morgan fingerprint density at radius 2 is 0.954 bits per heavy atom. The molecular weight excluding hydrogens is 787 g/mol. The van der Waals surface area contributed by atoms with Crippen molar-refractivity contribution in [2.45, 2.75) is 161 Å². The van der Waals surface area contributed by atoms with Crippen LogP contribution >= 0.6 is 0 Å². The zero-order chi connectivity index (χ0) is 48.2. The van der Waals surface area contributed by atoms with Crippen LogP contribution in [0.25, 0.3) is 21.9 Å². The van der Waals surface area contributed by atoms with Gasteiger partial charge >= 0.3 is 0 Å². The fourth-order valence-corrected chi connectivity index (χ4v) is 13.9. The SMILES string of the molecule is [2H]C([2H])([2H])c1cc2c3c(c1)N(c1cc4c(cc1C)C(C)(C)CC4(C)C)c1cc4c(cc1B3c1cc3c(cc1N2c1ccc2oc5ccccc5c2c1)C(C)(C)CCC3(C)C)C(C)(C)CCC4(C)C. The van der Waals surface area contributed by atoms with Crippen LogP contribution in [0, 0.1) is 13.8 Å². The van der Waals surface area contributed by atoms with Crippen LogP contribution in [0.3, 0.4) is 0 Å². The van der Waals surface area contributed by atoms with Gasteiger partial charge in [-0.25, -0.2) is 0 Å². The van der Waals surface area contributed by atoms with Crippen molar-refractivity contribution >= 4 is 79.2 Å². The number of aryl methyl sites for hydroxylation is 2. The van der Waals surface area contributed by atoms with E-state index in [-0.39, 0.29) is 39.2 Å². The summed E-state index contributed by atoms with van der Waals surface area (Å²) in [6, 6.07) is 34.1. The molecule has 5 aliphatic rings. The van der Waals surface area contributed by atoms with Gasteiger partial charge in [0.2, 0.25) is 0 Å². The summed E-state index contributed by atoms with van der Waals surface area (Å²) in [5, 5.41) is 2.12. The van der Waals surface area contributed by atoms with E-state index < -0.39 is 6.85 Å². The predicted octanol–water partition coefficient (Wildman–Crippen LogP) is 14.9. The highest BCUT2D eigenvalue weighted by molar-refractivity contribution is 7.00. The number of furan rings is 1. The lowest BCUT2D eigenvalue weighted by Gasteiger charge is -2.49. The van der Waals surface area contributed by atoms with Crippen LogP contribution in [0.5, 0.6) is 0 Å². The molecule has 0 spiro atoms. The van der Waals surface area contributed by atoms with Crippen LogP contribution < -0.4 is 26.2 Å². The van der Waals surface area contributed by atoms with E-state index in [9.17, 15) is 4.11 Å². The quantitative estimate of drug-likeness (QED) is 0.162. The maximum Gasteiger partial charge on any atom is 0.252 e. The van der Waals surface area contributed by atoms with Crippen molar-refractivity contribution in [2.24, 2.45) is 0 Å². The maximum absolute atomic E-state index is 9.20. The molecule has 0 bridgehead atoms. The lowest BCUT2D eigenvalue weighted by molar-refractivity contribution is 0.332. The van der Waals surface area contributed by atoms with Crippen molar-refractivity contribution in [3.63, 3.8) is 0 Å². The number of benzene rings is 6. The van der Waals surface area contributed by atoms with Gasteiger partial charge in [0.1, 0.15) is 11.2 Å². The Bertz CT molecular complexity index is 3360. The molecule has 7 aromatic rings. The molecule has 2 aliphatic heterocycles. The first kappa shape index (κ1) is 37.9. The van der Waals surface area contributed by atoms with Crippen LogP contribution in [-0.2, 0) is 32.5 Å². The van der Waals surface area contributed by atoms with Gasteiger partial charge in [-0.05, 0) is 194 Å². The maximum atomic E-state index is 9.20. The van der Waals surface area contributed by atoms with E-state index in [2.05, 4.69) is 167 Å². The van der Waals surface area contributed by atoms with Crippen LogP contribution in [0.15, 0.2) is 95.4 Å². The number of hydrogen-bond donors (Lipinski definition) is 0. The first-order valence-electron chi connectivity index (χ1n) is 25.9. The molecule has 330 valence electrons. The van der Waals surface area contributed by atoms with Gasteiger partial charge in [-0.1, -0.05) is 119 Å². The van der Waals surface area contributed by atoms with Crippen molar-refractivity contribution in [2.75, 3.05) is 9.80 Å². The number of hydrogen-bond acceptors (Lipinski definition) is 3. The molecule has 0 radical (unpaired) electrons. The number of nitrogens with zero attached hydrogens (tertiary/aromatic N) is 2. The summed E-state index contributed by atoms with van der Waals surface area (Å²) >= 11 is 0. The molecule has 3 nitrogen and oxygen atoms in total. The standard InChI is InChI=1S/C61H67BN2O/c1-35-25-51-55-52(26-35)64(48-31-45-40(27-36(48)2)60(11,12)34-61(45,13)14)50-33-44-42(57(5,6)22-24-59(44,9)10)30-47(50)62(55)46-29-41-43(58(7,8)23-21-56(41,3)4)32-49(46)63(51)37-19-20-54-39(28-37)38-17-15-16-18-53(38)65-54/h15-20,25-33H,21-24,34H2,1-14H3/i1D3. The molecular formula is C61H67BN2O. The minimum absolute atomic E-state index is 0.0216. The summed E-state index contributed by atoms with van der Waals surface area (Å²) in [6.07, 6.45) is 5.49. The second kappa shape index (κ2) is 12.8. The van der Waals surface area contributed by atoms with Crippen molar-refractivity contribution in [1.29, 1.82) is 0 Å². The van der Waals surface area contributed by atoms with Crippen molar-refractivity contribution in [3.8, 4) is 0 Å². The Kier molecular flexibility index (Phi) is 7.48. The Balaban J connectivity index is 1.25. The largest absolute Gasteiger partial charge is 0.456 e. The molecule has 3 heterocycles. The molecule has 0 unspecified atom stereocenters. The summed E-state index contributed by atoms with van der Waals surface area (Å²) in [7, 11) is 0. The van der Waals surface area contributed by atoms with Crippen LogP contribution in [-0.4, -0.2) is 6.71 Å². The zero-order valence-corrected chi connectivity index (χ0v) is 41.1. The molecule has 0 N–H and O–H groups in total. The average Bonchev–Trinajstić information content (AvgIpc) is 3.71. The summed E-state index contributed by atoms with van der Waals surface area (Å²) in [4.78, 5) is 4.94. The first-order valence-corrected chi connectivity index (χ1v) is 24.4. The van der Waals surface area contributed by atoms with Gasteiger partial charge in [0.05, 0.1) is 0 Å². The molecule has 12 rings (SSSR count). The van der Waals surface area contributed by atoms with Crippen LogP contribution in [0.1, 0.15) is 164 Å². The van der Waals surface area contributed by atoms with Crippen molar-refractivity contribution < 1.29 is 8.53 Å². The third-order valence-corrected chi connectivity index (χ3v) is 17.5. The molecule has 0 amide bonds. The zero-order valence-electron chi connectivity index (χ0n) is 44.1. The van der Waals surface area contributed by atoms with Gasteiger partial charge in [0.25, 0.3) is 6.71 Å². The Hall–Kier alpha value is -5.22. The molecule has 0 atom stereocenters. The summed E-state index contributed by atoms with van der Waals surface area (Å²) < 4.78 is 34.0. The second-order valence-electron chi connectivity index (χ2n) is 24.9. The first-order chi connectivity index (χ1) is 31.7. The van der Waals surface area contributed by atoms with Crippen molar-refractivity contribution in [1.82, 2.24) is 0 Å². The van der Waals surface area contributed by atoms with E-state index in [1.165, 1.54) is 55.6 Å². The van der Waals surface area contributed by atoms with Crippen LogP contribution in [0.2, 0.25) is 0 Å². The van der Waals surface area contributed by atoms with E-state index in [1.54, 1.807) is 0 Å². The highest BCUT2D eigenvalue weighted by atomic mass is 16.3. The Morgan fingerprint density at radius 1 is 0.477 bits per heavy atom. The molecule has 0 saturated heterocycles. The summed E-state index contributed by atoms with van der Waals surface area (Å²) in [5.41, 5.74) is 21.6. The Labute approximate surface area is 392 Å². The molecule has 65 heavy (non-hydrogen) atoms. The van der Waals surface area contributed by atoms with Gasteiger partial charge in [-0.2, -0.15) is 0 Å². The molecule has 3 aliphatic carbocycles. The van der Waals surface area contributed by atoms with E-state index >= 15 is 0 Å². The third-order valence-electron chi connectivity index (χ3n) is 17.5. The topological polar surface area (TPSA) is 19.6 Å². The smallest absolute Gasteiger partial charge is 0.252 e. The minimum atomic E-state index is -2.37. The fraction of sp³-hybridized carbons (Fsp3) is 0.410. The lowest BCUT2D eigenvalue weighted by Crippen LogP contribution is -2.62. The van der Waals surface area contributed by atoms with Gasteiger partial charge in [0, 0.05) is 49.0 Å². The summed E-state index contributed by atoms with van der Waals surface area (Å²) in [5.74, 6) is 0. The average molecular weight is 858 g/mol. The summed E-state index contributed by atoms with van der Waals surface area (Å²) in [6.45, 7) is 28.8. The molecule has 0 saturated carbocycles. The predicted molar refractivity (Wildman–Crippen MR) is 278 cm³/mol. The monoisotopic (exact) mass is 858 g/mol. The molecule has 6 aromatic carbocycles. The van der Waals surface area contributed by atoms with E-state index in [0.717, 1.165) is 87.9 Å². The highest BCUT2D eigenvalue weighted by Gasteiger charge is 2.49. The van der Waals surface area contributed by atoms with Crippen LogP contribution in [0.4, 0.5) is 34.1 Å². The molecule has 4 heteroatoms.